The van der Waals surface area contributed by atoms with E-state index in [1.54, 1.807) is 37.0 Å². The summed E-state index contributed by atoms with van der Waals surface area (Å²) in [6, 6.07) is 3.54. The van der Waals surface area contributed by atoms with Crippen LogP contribution in [0.25, 0.3) is 22.6 Å². The predicted molar refractivity (Wildman–Crippen MR) is 76.4 cm³/mol. The van der Waals surface area contributed by atoms with Gasteiger partial charge in [0, 0.05) is 20.3 Å². The Hall–Kier alpha value is -2.90. The van der Waals surface area contributed by atoms with E-state index in [0.29, 0.717) is 28.4 Å². The van der Waals surface area contributed by atoms with E-state index in [1.807, 2.05) is 0 Å². The number of aromatic amines is 1. The first-order valence-corrected chi connectivity index (χ1v) is 6.19. The number of ether oxygens (including phenoxy) is 1. The van der Waals surface area contributed by atoms with Gasteiger partial charge in [0.25, 0.3) is 5.56 Å². The summed E-state index contributed by atoms with van der Waals surface area (Å²) in [5.41, 5.74) is 0.295. The second kappa shape index (κ2) is 4.58. The van der Waals surface area contributed by atoms with Crippen LogP contribution in [-0.2, 0) is 14.1 Å². The molecule has 21 heavy (non-hydrogen) atoms. The average molecular weight is 287 g/mol. The second-order valence-corrected chi connectivity index (χ2v) is 4.55. The van der Waals surface area contributed by atoms with Crippen LogP contribution >= 0.6 is 0 Å². The largest absolute Gasteiger partial charge is 0.480 e. The van der Waals surface area contributed by atoms with E-state index in [0.717, 1.165) is 0 Å². The Bertz CT molecular complexity index is 951. The monoisotopic (exact) mass is 287 g/mol. The van der Waals surface area contributed by atoms with Crippen molar-refractivity contribution in [3.63, 3.8) is 0 Å². The topological polar surface area (TPSA) is 94.8 Å². The molecule has 0 unspecified atom stereocenters. The first-order valence-electron chi connectivity index (χ1n) is 6.19. The molecule has 0 saturated carbocycles. The lowest BCUT2D eigenvalue weighted by Gasteiger charge is -2.06. The third-order valence-electron chi connectivity index (χ3n) is 3.34. The predicted octanol–water partition coefficient (Wildman–Crippen LogP) is 0.0309. The number of hydrogen-bond acceptors (Lipinski definition) is 5. The minimum Gasteiger partial charge on any atom is -0.480 e. The Morgan fingerprint density at radius 1 is 1.24 bits per heavy atom. The molecule has 0 aliphatic rings. The molecule has 0 aromatic carbocycles. The SMILES string of the molecule is COc1ncccc1-c1nc2c(c(=O)[nH]c(=O)n2C)n1C. The van der Waals surface area contributed by atoms with Crippen LogP contribution in [-0.4, -0.2) is 31.2 Å². The zero-order valence-electron chi connectivity index (χ0n) is 11.7. The van der Waals surface area contributed by atoms with Gasteiger partial charge in [-0.05, 0) is 12.1 Å². The number of methoxy groups -OCH3 is 1. The maximum atomic E-state index is 12.0. The number of aryl methyl sites for hydroxylation is 2. The van der Waals surface area contributed by atoms with Crippen LogP contribution in [0.5, 0.6) is 5.88 Å². The number of imidazole rings is 1. The van der Waals surface area contributed by atoms with Crippen LogP contribution in [0.3, 0.4) is 0 Å². The van der Waals surface area contributed by atoms with Crippen molar-refractivity contribution >= 4 is 11.2 Å². The number of aromatic nitrogens is 5. The smallest absolute Gasteiger partial charge is 0.329 e. The summed E-state index contributed by atoms with van der Waals surface area (Å²) in [6.07, 6.45) is 1.60. The van der Waals surface area contributed by atoms with E-state index in [2.05, 4.69) is 15.0 Å². The van der Waals surface area contributed by atoms with Gasteiger partial charge in [0.05, 0.1) is 12.7 Å². The molecule has 0 saturated heterocycles. The van der Waals surface area contributed by atoms with Gasteiger partial charge in [0.15, 0.2) is 11.2 Å². The molecule has 8 nitrogen and oxygen atoms in total. The first kappa shape index (κ1) is 13.1. The second-order valence-electron chi connectivity index (χ2n) is 4.55. The van der Waals surface area contributed by atoms with Gasteiger partial charge in [-0.3, -0.25) is 14.3 Å². The molecule has 0 radical (unpaired) electrons. The van der Waals surface area contributed by atoms with E-state index in [1.165, 1.54) is 11.7 Å². The third kappa shape index (κ3) is 1.83. The van der Waals surface area contributed by atoms with Crippen molar-refractivity contribution in [3.05, 3.63) is 39.2 Å². The summed E-state index contributed by atoms with van der Waals surface area (Å²) >= 11 is 0. The van der Waals surface area contributed by atoms with Crippen molar-refractivity contribution in [2.45, 2.75) is 0 Å². The molecule has 0 fully saturated rings. The zero-order valence-corrected chi connectivity index (χ0v) is 11.7. The molecular formula is C13H13N5O3. The number of H-pyrrole nitrogens is 1. The highest BCUT2D eigenvalue weighted by Crippen LogP contribution is 2.27. The van der Waals surface area contributed by atoms with Crippen LogP contribution in [0.15, 0.2) is 27.9 Å². The van der Waals surface area contributed by atoms with E-state index in [-0.39, 0.29) is 0 Å². The van der Waals surface area contributed by atoms with E-state index < -0.39 is 11.2 Å². The molecule has 0 amide bonds. The molecule has 3 rings (SSSR count). The van der Waals surface area contributed by atoms with Crippen LogP contribution in [0.1, 0.15) is 0 Å². The van der Waals surface area contributed by atoms with Crippen LogP contribution < -0.4 is 16.0 Å². The van der Waals surface area contributed by atoms with Gasteiger partial charge in [-0.1, -0.05) is 0 Å². The van der Waals surface area contributed by atoms with Crippen molar-refractivity contribution < 1.29 is 4.74 Å². The fourth-order valence-corrected chi connectivity index (χ4v) is 2.27. The molecule has 0 aliphatic carbocycles. The molecule has 0 bridgehead atoms. The summed E-state index contributed by atoms with van der Waals surface area (Å²) < 4.78 is 8.13. The third-order valence-corrected chi connectivity index (χ3v) is 3.34. The van der Waals surface area contributed by atoms with Crippen LogP contribution in [0.2, 0.25) is 0 Å². The fraction of sp³-hybridized carbons (Fsp3) is 0.231. The molecule has 3 aromatic rings. The van der Waals surface area contributed by atoms with Crippen molar-refractivity contribution in [1.29, 1.82) is 0 Å². The highest BCUT2D eigenvalue weighted by molar-refractivity contribution is 5.77. The minimum atomic E-state index is -0.504. The van der Waals surface area contributed by atoms with Crippen molar-refractivity contribution in [3.8, 4) is 17.3 Å². The summed E-state index contributed by atoms with van der Waals surface area (Å²) in [4.78, 5) is 34.4. The van der Waals surface area contributed by atoms with E-state index >= 15 is 0 Å². The van der Waals surface area contributed by atoms with Crippen LogP contribution in [0, 0.1) is 0 Å². The maximum Gasteiger partial charge on any atom is 0.329 e. The minimum absolute atomic E-state index is 0.312. The van der Waals surface area contributed by atoms with Crippen LogP contribution in [0.4, 0.5) is 0 Å². The Balaban J connectivity index is 2.43. The van der Waals surface area contributed by atoms with Crippen molar-refractivity contribution in [1.82, 2.24) is 24.1 Å². The van der Waals surface area contributed by atoms with Gasteiger partial charge < -0.3 is 9.30 Å². The fourth-order valence-electron chi connectivity index (χ4n) is 2.27. The van der Waals surface area contributed by atoms with E-state index in [9.17, 15) is 9.59 Å². The highest BCUT2D eigenvalue weighted by Gasteiger charge is 2.18. The molecule has 0 aliphatic heterocycles. The number of nitrogens with zero attached hydrogens (tertiary/aromatic N) is 4. The quantitative estimate of drug-likeness (QED) is 0.717. The highest BCUT2D eigenvalue weighted by atomic mass is 16.5. The lowest BCUT2D eigenvalue weighted by Crippen LogP contribution is -2.29. The lowest BCUT2D eigenvalue weighted by molar-refractivity contribution is 0.399. The summed E-state index contributed by atoms with van der Waals surface area (Å²) in [5, 5.41) is 0. The molecule has 8 heteroatoms. The van der Waals surface area contributed by atoms with Gasteiger partial charge in [-0.2, -0.15) is 0 Å². The Labute approximate surface area is 118 Å². The Kier molecular flexibility index (Phi) is 2.86. The van der Waals surface area contributed by atoms with Gasteiger partial charge >= 0.3 is 5.69 Å². The zero-order chi connectivity index (χ0) is 15.1. The summed E-state index contributed by atoms with van der Waals surface area (Å²) in [6.45, 7) is 0. The number of fused-ring (bicyclic) bond motifs is 1. The number of nitrogens with one attached hydrogen (secondary N) is 1. The molecule has 1 N–H and O–H groups in total. The van der Waals surface area contributed by atoms with Gasteiger partial charge in [0.1, 0.15) is 5.82 Å². The molecular weight excluding hydrogens is 274 g/mol. The number of hydrogen-bond donors (Lipinski definition) is 1. The summed E-state index contributed by atoms with van der Waals surface area (Å²) in [7, 11) is 4.77. The van der Waals surface area contributed by atoms with Crippen molar-refractivity contribution in [2.75, 3.05) is 7.11 Å². The Morgan fingerprint density at radius 3 is 2.71 bits per heavy atom. The number of pyridine rings is 1. The van der Waals surface area contributed by atoms with E-state index in [4.69, 9.17) is 4.74 Å². The molecule has 3 aromatic heterocycles. The number of rotatable bonds is 2. The van der Waals surface area contributed by atoms with Gasteiger partial charge in [-0.25, -0.2) is 14.8 Å². The normalized spacial score (nSPS) is 11.0. The first-order chi connectivity index (χ1) is 10.0. The van der Waals surface area contributed by atoms with Gasteiger partial charge in [-0.15, -0.1) is 0 Å². The van der Waals surface area contributed by atoms with Gasteiger partial charge in [0.2, 0.25) is 5.88 Å². The Morgan fingerprint density at radius 2 is 2.00 bits per heavy atom. The average Bonchev–Trinajstić information content (AvgIpc) is 2.83. The summed E-state index contributed by atoms with van der Waals surface area (Å²) in [5.74, 6) is 0.902. The van der Waals surface area contributed by atoms with Crippen molar-refractivity contribution in [2.24, 2.45) is 14.1 Å². The lowest BCUT2D eigenvalue weighted by atomic mass is 10.2. The molecule has 108 valence electrons. The molecule has 3 heterocycles. The maximum absolute atomic E-state index is 12.0. The standard InChI is InChI=1S/C13H13N5O3/c1-17-8-10(18(2)13(20)16-11(8)19)15-9(17)7-5-4-6-14-12(7)21-3/h4-6H,1-3H3,(H,16,19,20). The molecule has 0 atom stereocenters. The molecule has 0 spiro atoms.